The number of nitrogens with one attached hydrogen (secondary N) is 1. The van der Waals surface area contributed by atoms with Crippen molar-refractivity contribution in [2.75, 3.05) is 6.54 Å². The van der Waals surface area contributed by atoms with Gasteiger partial charge in [0.1, 0.15) is 5.82 Å². The van der Waals surface area contributed by atoms with E-state index in [4.69, 9.17) is 11.6 Å². The quantitative estimate of drug-likeness (QED) is 0.767. The van der Waals surface area contributed by atoms with Gasteiger partial charge < -0.3 is 5.32 Å². The Morgan fingerprint density at radius 2 is 1.95 bits per heavy atom. The normalized spacial score (nSPS) is 14.7. The molecule has 0 saturated heterocycles. The van der Waals surface area contributed by atoms with Crippen molar-refractivity contribution in [3.05, 3.63) is 34.6 Å². The average molecular weight is 286 g/mol. The summed E-state index contributed by atoms with van der Waals surface area (Å²) in [5.74, 6) is 0.894. The molecular weight excluding hydrogens is 261 g/mol. The molecule has 0 heterocycles. The third-order valence-electron chi connectivity index (χ3n) is 3.79. The van der Waals surface area contributed by atoms with Gasteiger partial charge in [0.25, 0.3) is 0 Å². The Balaban J connectivity index is 2.83. The van der Waals surface area contributed by atoms with Crippen LogP contribution in [0.15, 0.2) is 18.2 Å². The fourth-order valence-electron chi connectivity index (χ4n) is 2.17. The maximum Gasteiger partial charge on any atom is 0.126 e. The SMILES string of the molecule is CCCNC(Cc1cc(Cl)ccc1F)C(C)C(C)C. The van der Waals surface area contributed by atoms with E-state index in [0.29, 0.717) is 28.8 Å². The number of halogens is 2. The van der Waals surface area contributed by atoms with Crippen LogP contribution in [0.2, 0.25) is 5.02 Å². The molecule has 19 heavy (non-hydrogen) atoms. The minimum Gasteiger partial charge on any atom is -0.313 e. The van der Waals surface area contributed by atoms with Gasteiger partial charge in [-0.3, -0.25) is 0 Å². The van der Waals surface area contributed by atoms with Gasteiger partial charge in [0, 0.05) is 11.1 Å². The minimum absolute atomic E-state index is 0.163. The van der Waals surface area contributed by atoms with Gasteiger partial charge in [-0.05, 0) is 55.0 Å². The summed E-state index contributed by atoms with van der Waals surface area (Å²) in [6.07, 6.45) is 1.77. The highest BCUT2D eigenvalue weighted by Gasteiger charge is 2.21. The van der Waals surface area contributed by atoms with Crippen LogP contribution in [0, 0.1) is 17.7 Å². The Bertz CT molecular complexity index is 392. The Labute approximate surface area is 121 Å². The molecule has 2 unspecified atom stereocenters. The standard InChI is InChI=1S/C16H25ClFN/c1-5-8-19-16(12(4)11(2)3)10-13-9-14(17)6-7-15(13)18/h6-7,9,11-12,16,19H,5,8,10H2,1-4H3. The molecule has 0 amide bonds. The Hall–Kier alpha value is -0.600. The smallest absolute Gasteiger partial charge is 0.126 e. The topological polar surface area (TPSA) is 12.0 Å². The molecule has 0 spiro atoms. The van der Waals surface area contributed by atoms with Gasteiger partial charge in [-0.25, -0.2) is 4.39 Å². The zero-order chi connectivity index (χ0) is 14.4. The zero-order valence-electron chi connectivity index (χ0n) is 12.3. The lowest BCUT2D eigenvalue weighted by atomic mass is 9.86. The van der Waals surface area contributed by atoms with E-state index in [1.807, 2.05) is 0 Å². The summed E-state index contributed by atoms with van der Waals surface area (Å²) in [6.45, 7) is 9.74. The van der Waals surface area contributed by atoms with Gasteiger partial charge in [0.15, 0.2) is 0 Å². The monoisotopic (exact) mass is 285 g/mol. The Morgan fingerprint density at radius 1 is 1.26 bits per heavy atom. The van der Waals surface area contributed by atoms with Crippen LogP contribution in [0.4, 0.5) is 4.39 Å². The molecule has 0 bridgehead atoms. The summed E-state index contributed by atoms with van der Waals surface area (Å²) >= 11 is 5.96. The predicted octanol–water partition coefficient (Wildman–Crippen LogP) is 4.68. The average Bonchev–Trinajstić information content (AvgIpc) is 2.37. The van der Waals surface area contributed by atoms with E-state index in [9.17, 15) is 4.39 Å². The van der Waals surface area contributed by atoms with Crippen LogP contribution in [-0.2, 0) is 6.42 Å². The molecule has 0 aliphatic rings. The molecule has 1 nitrogen and oxygen atoms in total. The van der Waals surface area contributed by atoms with E-state index >= 15 is 0 Å². The predicted molar refractivity (Wildman–Crippen MR) is 81.2 cm³/mol. The Kier molecular flexibility index (Phi) is 6.81. The van der Waals surface area contributed by atoms with E-state index in [1.165, 1.54) is 6.07 Å². The van der Waals surface area contributed by atoms with Crippen molar-refractivity contribution < 1.29 is 4.39 Å². The molecule has 3 heteroatoms. The van der Waals surface area contributed by atoms with Crippen LogP contribution in [0.25, 0.3) is 0 Å². The van der Waals surface area contributed by atoms with Gasteiger partial charge in [-0.15, -0.1) is 0 Å². The summed E-state index contributed by atoms with van der Waals surface area (Å²) in [5.41, 5.74) is 0.702. The van der Waals surface area contributed by atoms with E-state index in [2.05, 4.69) is 33.0 Å². The van der Waals surface area contributed by atoms with Crippen LogP contribution in [0.3, 0.4) is 0 Å². The van der Waals surface area contributed by atoms with Crippen LogP contribution in [-0.4, -0.2) is 12.6 Å². The first-order chi connectivity index (χ1) is 8.95. The molecule has 1 aromatic carbocycles. The molecule has 1 aromatic rings. The van der Waals surface area contributed by atoms with Gasteiger partial charge in [-0.2, -0.15) is 0 Å². The molecule has 2 atom stereocenters. The van der Waals surface area contributed by atoms with Crippen molar-refractivity contribution in [2.45, 2.75) is 46.6 Å². The third-order valence-corrected chi connectivity index (χ3v) is 4.03. The van der Waals surface area contributed by atoms with E-state index in [-0.39, 0.29) is 11.9 Å². The summed E-state index contributed by atoms with van der Waals surface area (Å²) in [7, 11) is 0. The van der Waals surface area contributed by atoms with E-state index in [1.54, 1.807) is 12.1 Å². The maximum absolute atomic E-state index is 13.8. The van der Waals surface area contributed by atoms with Gasteiger partial charge in [0.05, 0.1) is 0 Å². The van der Waals surface area contributed by atoms with Crippen molar-refractivity contribution in [1.29, 1.82) is 0 Å². The van der Waals surface area contributed by atoms with Crippen molar-refractivity contribution in [3.63, 3.8) is 0 Å². The van der Waals surface area contributed by atoms with Crippen molar-refractivity contribution in [1.82, 2.24) is 5.32 Å². The largest absolute Gasteiger partial charge is 0.313 e. The molecule has 108 valence electrons. The fourth-order valence-corrected chi connectivity index (χ4v) is 2.37. The molecular formula is C16H25ClFN. The third kappa shape index (κ3) is 5.12. The number of benzene rings is 1. The summed E-state index contributed by atoms with van der Waals surface area (Å²) in [5, 5.41) is 4.14. The van der Waals surface area contributed by atoms with Crippen LogP contribution in [0.1, 0.15) is 39.7 Å². The second-order valence-electron chi connectivity index (χ2n) is 5.60. The first-order valence-electron chi connectivity index (χ1n) is 7.13. The number of rotatable bonds is 7. The van der Waals surface area contributed by atoms with Gasteiger partial charge in [-0.1, -0.05) is 39.3 Å². The molecule has 0 fully saturated rings. The lowest BCUT2D eigenvalue weighted by Gasteiger charge is -2.28. The highest BCUT2D eigenvalue weighted by Crippen LogP contribution is 2.22. The van der Waals surface area contributed by atoms with Gasteiger partial charge >= 0.3 is 0 Å². The fraction of sp³-hybridized carbons (Fsp3) is 0.625. The maximum atomic E-state index is 13.8. The molecule has 0 radical (unpaired) electrons. The molecule has 0 aliphatic heterocycles. The van der Waals surface area contributed by atoms with E-state index < -0.39 is 0 Å². The zero-order valence-corrected chi connectivity index (χ0v) is 13.1. The Morgan fingerprint density at radius 3 is 2.53 bits per heavy atom. The van der Waals surface area contributed by atoms with Gasteiger partial charge in [0.2, 0.25) is 0 Å². The molecule has 1 rings (SSSR count). The lowest BCUT2D eigenvalue weighted by molar-refractivity contribution is 0.295. The highest BCUT2D eigenvalue weighted by molar-refractivity contribution is 6.30. The van der Waals surface area contributed by atoms with Crippen LogP contribution >= 0.6 is 11.6 Å². The molecule has 1 N–H and O–H groups in total. The summed E-state index contributed by atoms with van der Waals surface area (Å²) in [4.78, 5) is 0. The second kappa shape index (κ2) is 7.86. The first-order valence-corrected chi connectivity index (χ1v) is 7.50. The number of hydrogen-bond acceptors (Lipinski definition) is 1. The highest BCUT2D eigenvalue weighted by atomic mass is 35.5. The van der Waals surface area contributed by atoms with Crippen molar-refractivity contribution in [2.24, 2.45) is 11.8 Å². The minimum atomic E-state index is -0.163. The molecule has 0 aliphatic carbocycles. The summed E-state index contributed by atoms with van der Waals surface area (Å²) in [6, 6.07) is 5.08. The van der Waals surface area contributed by atoms with Crippen LogP contribution in [0.5, 0.6) is 0 Å². The first kappa shape index (κ1) is 16.5. The second-order valence-corrected chi connectivity index (χ2v) is 6.04. The number of hydrogen-bond donors (Lipinski definition) is 1. The lowest BCUT2D eigenvalue weighted by Crippen LogP contribution is -2.39. The van der Waals surface area contributed by atoms with Crippen LogP contribution < -0.4 is 5.32 Å². The van der Waals surface area contributed by atoms with Crippen molar-refractivity contribution in [3.8, 4) is 0 Å². The summed E-state index contributed by atoms with van der Waals surface area (Å²) < 4.78 is 13.8. The van der Waals surface area contributed by atoms with Crippen molar-refractivity contribution >= 4 is 11.6 Å². The van der Waals surface area contributed by atoms with E-state index in [0.717, 1.165) is 13.0 Å². The molecule has 0 aromatic heterocycles. The molecule has 0 saturated carbocycles.